The van der Waals surface area contributed by atoms with Crippen LogP contribution in [0.3, 0.4) is 0 Å². The first kappa shape index (κ1) is 13.9. The summed E-state index contributed by atoms with van der Waals surface area (Å²) in [6.07, 6.45) is 6.81. The molecule has 0 saturated heterocycles. The maximum Gasteiger partial charge on any atom is 0.228 e. The zero-order valence-corrected chi connectivity index (χ0v) is 11.0. The van der Waals surface area contributed by atoms with Crippen molar-refractivity contribution in [3.8, 4) is 0 Å². The first-order chi connectivity index (χ1) is 8.17. The molecule has 94 valence electrons. The van der Waals surface area contributed by atoms with Crippen molar-refractivity contribution >= 4 is 23.3 Å². The normalized spacial score (nSPS) is 12.2. The number of aromatic nitrogens is 2. The number of anilines is 1. The van der Waals surface area contributed by atoms with Crippen LogP contribution in [-0.4, -0.2) is 15.9 Å². The van der Waals surface area contributed by atoms with Gasteiger partial charge in [-0.3, -0.25) is 4.79 Å². The number of rotatable bonds is 6. The van der Waals surface area contributed by atoms with Gasteiger partial charge in [0.05, 0.1) is 12.4 Å². The molecule has 1 amide bonds. The second-order valence-corrected chi connectivity index (χ2v) is 4.35. The molecule has 0 radical (unpaired) electrons. The number of unbranched alkanes of at least 4 members (excludes halogenated alkanes) is 1. The van der Waals surface area contributed by atoms with Crippen LogP contribution in [0, 0.1) is 5.92 Å². The topological polar surface area (TPSA) is 54.9 Å². The van der Waals surface area contributed by atoms with E-state index >= 15 is 0 Å². The van der Waals surface area contributed by atoms with Gasteiger partial charge in [0.15, 0.2) is 5.82 Å². The summed E-state index contributed by atoms with van der Waals surface area (Å²) >= 11 is 5.62. The predicted octanol–water partition coefficient (Wildman–Crippen LogP) is 3.28. The number of hydrogen-bond acceptors (Lipinski definition) is 3. The second kappa shape index (κ2) is 7.22. The van der Waals surface area contributed by atoms with Gasteiger partial charge in [0.25, 0.3) is 0 Å². The van der Waals surface area contributed by atoms with Crippen molar-refractivity contribution in [2.75, 3.05) is 5.32 Å². The predicted molar refractivity (Wildman–Crippen MR) is 69.0 cm³/mol. The molecule has 0 saturated carbocycles. The fraction of sp³-hybridized carbons (Fsp3) is 0.583. The first-order valence-electron chi connectivity index (χ1n) is 5.95. The third-order valence-corrected chi connectivity index (χ3v) is 2.84. The van der Waals surface area contributed by atoms with Crippen molar-refractivity contribution in [3.63, 3.8) is 0 Å². The molecule has 0 fully saturated rings. The molecule has 0 bridgehead atoms. The Morgan fingerprint density at radius 2 is 2.18 bits per heavy atom. The summed E-state index contributed by atoms with van der Waals surface area (Å²) in [6, 6.07) is 0. The second-order valence-electron chi connectivity index (χ2n) is 3.96. The maximum absolute atomic E-state index is 11.9. The molecule has 17 heavy (non-hydrogen) atoms. The van der Waals surface area contributed by atoms with Gasteiger partial charge in [-0.1, -0.05) is 38.3 Å². The Labute approximate surface area is 107 Å². The lowest BCUT2D eigenvalue weighted by Gasteiger charge is -2.13. The number of carbonyl (C=O) groups excluding carboxylic acids is 1. The van der Waals surface area contributed by atoms with E-state index in [9.17, 15) is 4.79 Å². The van der Waals surface area contributed by atoms with Crippen molar-refractivity contribution in [2.24, 2.45) is 5.92 Å². The lowest BCUT2D eigenvalue weighted by atomic mass is 9.98. The summed E-state index contributed by atoms with van der Waals surface area (Å²) in [6.45, 7) is 4.14. The van der Waals surface area contributed by atoms with E-state index in [0.717, 1.165) is 25.7 Å². The zero-order chi connectivity index (χ0) is 12.7. The van der Waals surface area contributed by atoms with Crippen molar-refractivity contribution in [2.45, 2.75) is 39.5 Å². The van der Waals surface area contributed by atoms with E-state index in [0.29, 0.717) is 11.0 Å². The number of hydrogen-bond donors (Lipinski definition) is 1. The molecule has 1 N–H and O–H groups in total. The standard InChI is InChI=1S/C12H18ClN3O/c1-3-5-6-9(4-2)12(17)16-11-8-14-10(13)7-15-11/h7-9H,3-6H2,1-2H3,(H,15,16,17). The lowest BCUT2D eigenvalue weighted by Crippen LogP contribution is -2.22. The highest BCUT2D eigenvalue weighted by atomic mass is 35.5. The van der Waals surface area contributed by atoms with Crippen LogP contribution >= 0.6 is 11.6 Å². The van der Waals surface area contributed by atoms with Gasteiger partial charge in [-0.2, -0.15) is 0 Å². The van der Waals surface area contributed by atoms with E-state index in [1.807, 2.05) is 6.92 Å². The molecule has 1 aromatic rings. The zero-order valence-electron chi connectivity index (χ0n) is 10.2. The molecule has 1 atom stereocenters. The number of carbonyl (C=O) groups is 1. The lowest BCUT2D eigenvalue weighted by molar-refractivity contribution is -0.120. The summed E-state index contributed by atoms with van der Waals surface area (Å²) < 4.78 is 0. The summed E-state index contributed by atoms with van der Waals surface area (Å²) in [5, 5.41) is 3.08. The molecule has 1 aromatic heterocycles. The minimum atomic E-state index is 0.0116. The molecular formula is C12H18ClN3O. The Balaban J connectivity index is 2.54. The molecule has 0 spiro atoms. The molecule has 1 heterocycles. The summed E-state index contributed by atoms with van der Waals surface area (Å²) in [4.78, 5) is 19.8. The minimum Gasteiger partial charge on any atom is -0.309 e. The third kappa shape index (κ3) is 4.69. The highest BCUT2D eigenvalue weighted by molar-refractivity contribution is 6.29. The highest BCUT2D eigenvalue weighted by Gasteiger charge is 2.16. The number of halogens is 1. The van der Waals surface area contributed by atoms with E-state index in [4.69, 9.17) is 11.6 Å². The van der Waals surface area contributed by atoms with E-state index in [1.54, 1.807) is 0 Å². The molecule has 0 aromatic carbocycles. The van der Waals surface area contributed by atoms with Crippen LogP contribution in [0.5, 0.6) is 0 Å². The number of nitrogens with zero attached hydrogens (tertiary/aromatic N) is 2. The van der Waals surface area contributed by atoms with Crippen molar-refractivity contribution in [1.82, 2.24) is 9.97 Å². The molecule has 0 aliphatic carbocycles. The average molecular weight is 256 g/mol. The van der Waals surface area contributed by atoms with Crippen LogP contribution < -0.4 is 5.32 Å². The molecule has 1 unspecified atom stereocenters. The van der Waals surface area contributed by atoms with Crippen molar-refractivity contribution < 1.29 is 4.79 Å². The van der Waals surface area contributed by atoms with Gasteiger partial charge in [-0.15, -0.1) is 0 Å². The molecular weight excluding hydrogens is 238 g/mol. The smallest absolute Gasteiger partial charge is 0.228 e. The first-order valence-corrected chi connectivity index (χ1v) is 6.33. The van der Waals surface area contributed by atoms with Gasteiger partial charge in [0, 0.05) is 5.92 Å². The SMILES string of the molecule is CCCCC(CC)C(=O)Nc1cnc(Cl)cn1. The maximum atomic E-state index is 11.9. The minimum absolute atomic E-state index is 0.0116. The van der Waals surface area contributed by atoms with E-state index in [-0.39, 0.29) is 11.8 Å². The highest BCUT2D eigenvalue weighted by Crippen LogP contribution is 2.15. The van der Waals surface area contributed by atoms with E-state index in [2.05, 4.69) is 22.2 Å². The molecule has 0 aliphatic rings. The Morgan fingerprint density at radius 3 is 2.71 bits per heavy atom. The Bertz CT molecular complexity index is 353. The van der Waals surface area contributed by atoms with Crippen molar-refractivity contribution in [3.05, 3.63) is 17.5 Å². The Hall–Kier alpha value is -1.16. The van der Waals surface area contributed by atoms with Crippen LogP contribution in [0.1, 0.15) is 39.5 Å². The van der Waals surface area contributed by atoms with Gasteiger partial charge in [0.1, 0.15) is 5.15 Å². The monoisotopic (exact) mass is 255 g/mol. The Kier molecular flexibility index (Phi) is 5.91. The van der Waals surface area contributed by atoms with Gasteiger partial charge < -0.3 is 5.32 Å². The van der Waals surface area contributed by atoms with Crippen LogP contribution in [-0.2, 0) is 4.79 Å². The van der Waals surface area contributed by atoms with Crippen LogP contribution in [0.25, 0.3) is 0 Å². The molecule has 0 aliphatic heterocycles. The molecule has 4 nitrogen and oxygen atoms in total. The summed E-state index contributed by atoms with van der Waals surface area (Å²) in [5.74, 6) is 0.513. The average Bonchev–Trinajstić information content (AvgIpc) is 2.33. The van der Waals surface area contributed by atoms with E-state index < -0.39 is 0 Å². The van der Waals surface area contributed by atoms with Gasteiger partial charge in [-0.25, -0.2) is 9.97 Å². The summed E-state index contributed by atoms with van der Waals surface area (Å²) in [7, 11) is 0. The quantitative estimate of drug-likeness (QED) is 0.849. The van der Waals surface area contributed by atoms with Crippen LogP contribution in [0.4, 0.5) is 5.82 Å². The Morgan fingerprint density at radius 1 is 1.41 bits per heavy atom. The fourth-order valence-electron chi connectivity index (χ4n) is 1.58. The largest absolute Gasteiger partial charge is 0.309 e. The van der Waals surface area contributed by atoms with Crippen molar-refractivity contribution in [1.29, 1.82) is 0 Å². The van der Waals surface area contributed by atoms with E-state index in [1.165, 1.54) is 12.4 Å². The number of nitrogens with one attached hydrogen (secondary N) is 1. The number of amides is 1. The van der Waals surface area contributed by atoms with Crippen LogP contribution in [0.15, 0.2) is 12.4 Å². The fourth-order valence-corrected chi connectivity index (χ4v) is 1.67. The van der Waals surface area contributed by atoms with Gasteiger partial charge in [-0.05, 0) is 12.8 Å². The van der Waals surface area contributed by atoms with Gasteiger partial charge >= 0.3 is 0 Å². The third-order valence-electron chi connectivity index (χ3n) is 2.64. The van der Waals surface area contributed by atoms with Crippen LogP contribution in [0.2, 0.25) is 5.15 Å². The molecule has 5 heteroatoms. The summed E-state index contributed by atoms with van der Waals surface area (Å²) in [5.41, 5.74) is 0. The molecule has 1 rings (SSSR count). The van der Waals surface area contributed by atoms with Gasteiger partial charge in [0.2, 0.25) is 5.91 Å².